The van der Waals surface area contributed by atoms with Crippen molar-refractivity contribution in [3.05, 3.63) is 29.1 Å². The van der Waals surface area contributed by atoms with Crippen molar-refractivity contribution >= 4 is 0 Å². The Morgan fingerprint density at radius 1 is 1.07 bits per heavy atom. The van der Waals surface area contributed by atoms with E-state index < -0.39 is 0 Å². The average molecular weight is 207 g/mol. The minimum absolute atomic E-state index is 0.267. The lowest BCUT2D eigenvalue weighted by Gasteiger charge is -2.13. The van der Waals surface area contributed by atoms with Gasteiger partial charge in [0.1, 0.15) is 0 Å². The maximum atomic E-state index is 6.84. The fraction of sp³-hybridized carbons (Fsp3) is 0.364. The van der Waals surface area contributed by atoms with Crippen LogP contribution in [0.25, 0.3) is 4.85 Å². The van der Waals surface area contributed by atoms with E-state index in [1.165, 1.54) is 0 Å². The van der Waals surface area contributed by atoms with Crippen molar-refractivity contribution in [1.29, 1.82) is 0 Å². The lowest BCUT2D eigenvalue weighted by molar-refractivity contribution is 0.322. The molecule has 0 aliphatic rings. The molecule has 0 aliphatic carbocycles. The number of hydrogen-bond donors (Lipinski definition) is 0. The van der Waals surface area contributed by atoms with Gasteiger partial charge in [-0.3, -0.25) is 0 Å². The lowest BCUT2D eigenvalue weighted by Crippen LogP contribution is -1.97. The van der Waals surface area contributed by atoms with Crippen LogP contribution in [0.3, 0.4) is 0 Å². The summed E-state index contributed by atoms with van der Waals surface area (Å²) in [6.45, 7) is 7.10. The third kappa shape index (κ3) is 2.13. The Labute approximate surface area is 89.2 Å². The molecule has 0 bridgehead atoms. The molecule has 0 saturated carbocycles. The molecule has 0 fully saturated rings. The minimum atomic E-state index is 0.267. The van der Waals surface area contributed by atoms with Gasteiger partial charge in [0.05, 0.1) is 26.9 Å². The zero-order valence-corrected chi connectivity index (χ0v) is 9.03. The molecule has 0 amide bonds. The molecule has 0 saturated heterocycles. The van der Waals surface area contributed by atoms with Crippen molar-refractivity contribution in [2.45, 2.75) is 6.54 Å². The van der Waals surface area contributed by atoms with Gasteiger partial charge in [0.2, 0.25) is 12.3 Å². The van der Waals surface area contributed by atoms with Gasteiger partial charge in [-0.1, -0.05) is 0 Å². The van der Waals surface area contributed by atoms with E-state index in [0.29, 0.717) is 17.2 Å². The van der Waals surface area contributed by atoms with Crippen molar-refractivity contribution in [1.82, 2.24) is 0 Å². The molecule has 15 heavy (non-hydrogen) atoms. The Morgan fingerprint density at radius 3 is 2.20 bits per heavy atom. The Kier molecular flexibility index (Phi) is 3.81. The van der Waals surface area contributed by atoms with Crippen LogP contribution in [0.5, 0.6) is 17.2 Å². The van der Waals surface area contributed by atoms with Crippen molar-refractivity contribution in [3.8, 4) is 17.2 Å². The summed E-state index contributed by atoms with van der Waals surface area (Å²) < 4.78 is 15.5. The highest BCUT2D eigenvalue weighted by molar-refractivity contribution is 5.56. The molecular weight excluding hydrogens is 194 g/mol. The predicted octanol–water partition coefficient (Wildman–Crippen LogP) is 2.13. The Bertz CT molecular complexity index is 382. The van der Waals surface area contributed by atoms with Gasteiger partial charge >= 0.3 is 0 Å². The molecule has 0 aliphatic heterocycles. The smallest absolute Gasteiger partial charge is 0.243 e. The highest BCUT2D eigenvalue weighted by atomic mass is 16.5. The molecule has 0 aromatic heterocycles. The molecule has 0 atom stereocenters. The third-order valence-corrected chi connectivity index (χ3v) is 2.04. The highest BCUT2D eigenvalue weighted by Crippen LogP contribution is 2.39. The first-order valence-corrected chi connectivity index (χ1v) is 4.39. The second-order valence-electron chi connectivity index (χ2n) is 2.81. The van der Waals surface area contributed by atoms with Gasteiger partial charge in [-0.2, -0.15) is 0 Å². The quantitative estimate of drug-likeness (QED) is 0.709. The highest BCUT2D eigenvalue weighted by Gasteiger charge is 2.16. The first kappa shape index (κ1) is 11.2. The van der Waals surface area contributed by atoms with Crippen LogP contribution in [0, 0.1) is 6.57 Å². The SMILES string of the molecule is [C-]#[N+]Cc1ccc(OC)c(OC)c1OC. The van der Waals surface area contributed by atoms with E-state index in [0.717, 1.165) is 5.56 Å². The van der Waals surface area contributed by atoms with E-state index >= 15 is 0 Å². The Hall–Kier alpha value is -1.89. The van der Waals surface area contributed by atoms with Crippen LogP contribution in [-0.4, -0.2) is 21.3 Å². The first-order chi connectivity index (χ1) is 7.28. The van der Waals surface area contributed by atoms with E-state index in [1.807, 2.05) is 0 Å². The van der Waals surface area contributed by atoms with Gasteiger partial charge in [-0.15, -0.1) is 0 Å². The summed E-state index contributed by atoms with van der Waals surface area (Å²) in [5, 5.41) is 0. The molecule has 0 N–H and O–H groups in total. The number of ether oxygens (including phenoxy) is 3. The van der Waals surface area contributed by atoms with Gasteiger partial charge in [0.15, 0.2) is 11.5 Å². The summed E-state index contributed by atoms with van der Waals surface area (Å²) in [4.78, 5) is 3.32. The molecule has 1 rings (SSSR count). The maximum Gasteiger partial charge on any atom is 0.243 e. The third-order valence-electron chi connectivity index (χ3n) is 2.04. The monoisotopic (exact) mass is 207 g/mol. The molecule has 0 spiro atoms. The van der Waals surface area contributed by atoms with Crippen LogP contribution in [-0.2, 0) is 6.54 Å². The standard InChI is InChI=1S/C11H13NO3/c1-12-7-8-5-6-9(13-2)11(15-4)10(8)14-3/h5-6H,7H2,2-4H3. The average Bonchev–Trinajstić information content (AvgIpc) is 2.28. The van der Waals surface area contributed by atoms with E-state index in [-0.39, 0.29) is 6.54 Å². The summed E-state index contributed by atoms with van der Waals surface area (Å²) in [6, 6.07) is 3.57. The fourth-order valence-corrected chi connectivity index (χ4v) is 1.37. The molecule has 1 aromatic carbocycles. The predicted molar refractivity (Wildman–Crippen MR) is 56.4 cm³/mol. The topological polar surface area (TPSA) is 32.0 Å². The molecule has 0 radical (unpaired) electrons. The van der Waals surface area contributed by atoms with Crippen LogP contribution in [0.4, 0.5) is 0 Å². The first-order valence-electron chi connectivity index (χ1n) is 4.39. The fourth-order valence-electron chi connectivity index (χ4n) is 1.37. The molecule has 0 unspecified atom stereocenters. The van der Waals surface area contributed by atoms with E-state index in [9.17, 15) is 0 Å². The number of hydrogen-bond acceptors (Lipinski definition) is 3. The summed E-state index contributed by atoms with van der Waals surface area (Å²) in [6.07, 6.45) is 0. The van der Waals surface area contributed by atoms with Crippen molar-refractivity contribution in [2.24, 2.45) is 0 Å². The van der Waals surface area contributed by atoms with Gasteiger partial charge in [0, 0.05) is 0 Å². The van der Waals surface area contributed by atoms with E-state index in [4.69, 9.17) is 20.8 Å². The summed E-state index contributed by atoms with van der Waals surface area (Å²) in [7, 11) is 4.65. The van der Waals surface area contributed by atoms with Gasteiger partial charge in [0.25, 0.3) is 0 Å². The number of rotatable bonds is 4. The van der Waals surface area contributed by atoms with Crippen LogP contribution in [0.2, 0.25) is 0 Å². The number of benzene rings is 1. The van der Waals surface area contributed by atoms with E-state index in [1.54, 1.807) is 33.5 Å². The Morgan fingerprint density at radius 2 is 1.73 bits per heavy atom. The van der Waals surface area contributed by atoms with Crippen molar-refractivity contribution in [3.63, 3.8) is 0 Å². The normalized spacial score (nSPS) is 9.20. The second-order valence-corrected chi connectivity index (χ2v) is 2.81. The molecular formula is C11H13NO3. The van der Waals surface area contributed by atoms with Crippen molar-refractivity contribution < 1.29 is 14.2 Å². The van der Waals surface area contributed by atoms with Crippen molar-refractivity contribution in [2.75, 3.05) is 21.3 Å². The summed E-state index contributed by atoms with van der Waals surface area (Å²) in [5.41, 5.74) is 0.796. The Balaban J connectivity index is 3.28. The van der Waals surface area contributed by atoms with Gasteiger partial charge < -0.3 is 19.1 Å². The van der Waals surface area contributed by atoms with Crippen LogP contribution < -0.4 is 14.2 Å². The van der Waals surface area contributed by atoms with Crippen LogP contribution >= 0.6 is 0 Å². The van der Waals surface area contributed by atoms with Gasteiger partial charge in [-0.05, 0) is 12.1 Å². The second kappa shape index (κ2) is 5.11. The molecule has 4 nitrogen and oxygen atoms in total. The summed E-state index contributed by atoms with van der Waals surface area (Å²) in [5.74, 6) is 1.69. The molecule has 4 heteroatoms. The minimum Gasteiger partial charge on any atom is -0.493 e. The van der Waals surface area contributed by atoms with E-state index in [2.05, 4.69) is 4.85 Å². The molecule has 0 heterocycles. The van der Waals surface area contributed by atoms with Gasteiger partial charge in [-0.25, -0.2) is 6.57 Å². The van der Waals surface area contributed by atoms with Crippen LogP contribution in [0.1, 0.15) is 5.56 Å². The lowest BCUT2D eigenvalue weighted by atomic mass is 10.1. The number of methoxy groups -OCH3 is 3. The molecule has 80 valence electrons. The van der Waals surface area contributed by atoms with Crippen LogP contribution in [0.15, 0.2) is 12.1 Å². The zero-order chi connectivity index (χ0) is 11.3. The summed E-state index contributed by atoms with van der Waals surface area (Å²) >= 11 is 0. The largest absolute Gasteiger partial charge is 0.493 e. The zero-order valence-electron chi connectivity index (χ0n) is 9.03. The maximum absolute atomic E-state index is 6.84. The number of nitrogens with zero attached hydrogens (tertiary/aromatic N) is 1. The molecule has 1 aromatic rings.